The van der Waals surface area contributed by atoms with Crippen molar-refractivity contribution >= 4 is 11.8 Å². The topological polar surface area (TPSA) is 21.3 Å². The number of thioether (sulfide) groups is 1. The van der Waals surface area contributed by atoms with Gasteiger partial charge in [-0.3, -0.25) is 0 Å². The van der Waals surface area contributed by atoms with Crippen molar-refractivity contribution in [3.05, 3.63) is 42.5 Å². The minimum atomic E-state index is 0.511. The van der Waals surface area contributed by atoms with E-state index < -0.39 is 0 Å². The Morgan fingerprint density at radius 3 is 2.89 bits per heavy atom. The Kier molecular flexibility index (Phi) is 4.72. The van der Waals surface area contributed by atoms with Gasteiger partial charge in [0.05, 0.1) is 0 Å². The maximum absolute atomic E-state index is 5.65. The maximum atomic E-state index is 5.65. The van der Waals surface area contributed by atoms with Crippen LogP contribution < -0.4 is 10.1 Å². The van der Waals surface area contributed by atoms with Gasteiger partial charge in [0.25, 0.3) is 0 Å². The van der Waals surface area contributed by atoms with E-state index in [0.717, 1.165) is 18.8 Å². The van der Waals surface area contributed by atoms with E-state index in [1.54, 1.807) is 6.08 Å². The Hall–Kier alpha value is -0.930. The van der Waals surface area contributed by atoms with Crippen molar-refractivity contribution in [1.82, 2.24) is 5.32 Å². The highest BCUT2D eigenvalue weighted by molar-refractivity contribution is 8.00. The number of rotatable bonds is 8. The zero-order valence-corrected chi connectivity index (χ0v) is 11.8. The molecule has 2 nitrogen and oxygen atoms in total. The third-order valence-corrected chi connectivity index (χ3v) is 4.75. The zero-order chi connectivity index (χ0) is 12.8. The molecular formula is C15H21NOS. The van der Waals surface area contributed by atoms with E-state index in [2.05, 4.69) is 30.3 Å². The molecule has 0 aromatic heterocycles. The minimum Gasteiger partial charge on any atom is -0.489 e. The number of hydrogen-bond acceptors (Lipinski definition) is 3. The van der Waals surface area contributed by atoms with E-state index in [4.69, 9.17) is 4.74 Å². The summed E-state index contributed by atoms with van der Waals surface area (Å²) in [6.45, 7) is 6.20. The smallest absolute Gasteiger partial charge is 0.124 e. The molecule has 2 rings (SSSR count). The van der Waals surface area contributed by atoms with Gasteiger partial charge >= 0.3 is 0 Å². The van der Waals surface area contributed by atoms with Crippen LogP contribution in [0, 0.1) is 0 Å². The molecule has 0 saturated heterocycles. The molecule has 1 aromatic rings. The Balaban J connectivity index is 1.86. The lowest BCUT2D eigenvalue weighted by Gasteiger charge is -2.15. The molecule has 1 aliphatic rings. The minimum absolute atomic E-state index is 0.511. The lowest BCUT2D eigenvalue weighted by atomic mass is 10.2. The lowest BCUT2D eigenvalue weighted by molar-refractivity contribution is 0.358. The van der Waals surface area contributed by atoms with E-state index in [1.807, 2.05) is 23.9 Å². The van der Waals surface area contributed by atoms with Gasteiger partial charge in [-0.1, -0.05) is 30.9 Å². The monoisotopic (exact) mass is 263 g/mol. The van der Waals surface area contributed by atoms with Crippen molar-refractivity contribution in [2.24, 2.45) is 0 Å². The molecule has 0 radical (unpaired) electrons. The summed E-state index contributed by atoms with van der Waals surface area (Å²) in [7, 11) is 0. The molecule has 1 N–H and O–H groups in total. The van der Waals surface area contributed by atoms with E-state index in [0.29, 0.717) is 11.4 Å². The normalized spacial score (nSPS) is 16.3. The van der Waals surface area contributed by atoms with E-state index in [-0.39, 0.29) is 0 Å². The molecule has 3 heteroatoms. The summed E-state index contributed by atoms with van der Waals surface area (Å²) in [5.74, 6) is 0.957. The van der Waals surface area contributed by atoms with Gasteiger partial charge in [0.2, 0.25) is 0 Å². The molecule has 98 valence electrons. The van der Waals surface area contributed by atoms with Crippen LogP contribution in [0.4, 0.5) is 0 Å². The number of para-hydroxylation sites is 1. The van der Waals surface area contributed by atoms with Gasteiger partial charge in [-0.05, 0) is 25.2 Å². The summed E-state index contributed by atoms with van der Waals surface area (Å²) in [6.07, 6.45) is 6.67. The SMILES string of the molecule is C=CCOc1ccccc1CNCC1(SC)CC1. The first-order valence-corrected chi connectivity index (χ1v) is 7.60. The van der Waals surface area contributed by atoms with Gasteiger partial charge in [-0.2, -0.15) is 11.8 Å². The predicted octanol–water partition coefficient (Wildman–Crippen LogP) is 3.24. The molecule has 1 saturated carbocycles. The third-order valence-electron chi connectivity index (χ3n) is 3.33. The standard InChI is InChI=1S/C15H21NOS/c1-3-10-17-14-7-5-4-6-13(14)11-16-12-15(18-2)8-9-15/h3-7,16H,1,8-12H2,2H3. The van der Waals surface area contributed by atoms with E-state index in [9.17, 15) is 0 Å². The van der Waals surface area contributed by atoms with Crippen molar-refractivity contribution in [3.8, 4) is 5.75 Å². The van der Waals surface area contributed by atoms with Gasteiger partial charge in [-0.25, -0.2) is 0 Å². The van der Waals surface area contributed by atoms with Crippen LogP contribution in [0.1, 0.15) is 18.4 Å². The number of benzene rings is 1. The summed E-state index contributed by atoms with van der Waals surface area (Å²) in [4.78, 5) is 0. The maximum Gasteiger partial charge on any atom is 0.124 e. The molecule has 0 aliphatic heterocycles. The Morgan fingerprint density at radius 1 is 1.44 bits per heavy atom. The molecule has 0 spiro atoms. The summed E-state index contributed by atoms with van der Waals surface area (Å²) >= 11 is 1.98. The molecule has 0 heterocycles. The fourth-order valence-corrected chi connectivity index (χ4v) is 2.71. The lowest BCUT2D eigenvalue weighted by Crippen LogP contribution is -2.25. The summed E-state index contributed by atoms with van der Waals surface area (Å²) < 4.78 is 6.16. The second kappa shape index (κ2) is 6.30. The number of hydrogen-bond donors (Lipinski definition) is 1. The summed E-state index contributed by atoms with van der Waals surface area (Å²) in [5, 5.41) is 3.55. The van der Waals surface area contributed by atoms with Crippen molar-refractivity contribution in [2.75, 3.05) is 19.4 Å². The highest BCUT2D eigenvalue weighted by Gasteiger charge is 2.41. The first-order valence-electron chi connectivity index (χ1n) is 6.37. The van der Waals surface area contributed by atoms with Gasteiger partial charge in [0.1, 0.15) is 12.4 Å². The van der Waals surface area contributed by atoms with Crippen LogP contribution in [-0.4, -0.2) is 24.2 Å². The first kappa shape index (κ1) is 13.5. The van der Waals surface area contributed by atoms with Crippen LogP contribution in [-0.2, 0) is 6.54 Å². The van der Waals surface area contributed by atoms with Crippen molar-refractivity contribution < 1.29 is 4.74 Å². The summed E-state index contributed by atoms with van der Waals surface area (Å²) in [5.41, 5.74) is 1.22. The van der Waals surface area contributed by atoms with Gasteiger partial charge in [-0.15, -0.1) is 0 Å². The molecule has 1 aromatic carbocycles. The molecule has 0 atom stereocenters. The molecule has 0 amide bonds. The van der Waals surface area contributed by atoms with Crippen LogP contribution in [0.25, 0.3) is 0 Å². The van der Waals surface area contributed by atoms with Crippen LogP contribution in [0.5, 0.6) is 5.75 Å². The van der Waals surface area contributed by atoms with E-state index in [1.165, 1.54) is 18.4 Å². The van der Waals surface area contributed by atoms with Gasteiger partial charge in [0.15, 0.2) is 0 Å². The fourth-order valence-electron chi connectivity index (χ4n) is 1.96. The second-order valence-corrected chi connectivity index (χ2v) is 5.97. The highest BCUT2D eigenvalue weighted by atomic mass is 32.2. The first-order chi connectivity index (χ1) is 8.79. The Labute approximate surface area is 114 Å². The molecular weight excluding hydrogens is 242 g/mol. The quantitative estimate of drug-likeness (QED) is 0.728. The average Bonchev–Trinajstić information content (AvgIpc) is 3.18. The third kappa shape index (κ3) is 3.53. The average molecular weight is 263 g/mol. The molecule has 0 unspecified atom stereocenters. The Morgan fingerprint density at radius 2 is 2.22 bits per heavy atom. The Bertz CT molecular complexity index is 401. The zero-order valence-electron chi connectivity index (χ0n) is 10.9. The van der Waals surface area contributed by atoms with Crippen molar-refractivity contribution in [2.45, 2.75) is 24.1 Å². The highest BCUT2D eigenvalue weighted by Crippen LogP contribution is 2.46. The van der Waals surface area contributed by atoms with Crippen molar-refractivity contribution in [1.29, 1.82) is 0 Å². The van der Waals surface area contributed by atoms with Gasteiger partial charge < -0.3 is 10.1 Å². The molecule has 0 bridgehead atoms. The van der Waals surface area contributed by atoms with Crippen LogP contribution >= 0.6 is 11.8 Å². The molecule has 1 fully saturated rings. The van der Waals surface area contributed by atoms with Crippen LogP contribution in [0.2, 0.25) is 0 Å². The van der Waals surface area contributed by atoms with Crippen LogP contribution in [0.15, 0.2) is 36.9 Å². The number of ether oxygens (including phenoxy) is 1. The molecule has 18 heavy (non-hydrogen) atoms. The van der Waals surface area contributed by atoms with Crippen molar-refractivity contribution in [3.63, 3.8) is 0 Å². The summed E-state index contributed by atoms with van der Waals surface area (Å²) in [6, 6.07) is 8.19. The van der Waals surface area contributed by atoms with Gasteiger partial charge in [0, 0.05) is 23.4 Å². The largest absolute Gasteiger partial charge is 0.489 e. The predicted molar refractivity (Wildman–Crippen MR) is 79.3 cm³/mol. The molecule has 1 aliphatic carbocycles. The fraction of sp³-hybridized carbons (Fsp3) is 0.467. The number of nitrogens with one attached hydrogen (secondary N) is 1. The van der Waals surface area contributed by atoms with E-state index >= 15 is 0 Å². The van der Waals surface area contributed by atoms with Crippen LogP contribution in [0.3, 0.4) is 0 Å². The second-order valence-electron chi connectivity index (χ2n) is 4.70.